The van der Waals surface area contributed by atoms with E-state index in [1.807, 2.05) is 0 Å². The van der Waals surface area contributed by atoms with Crippen LogP contribution in [0.3, 0.4) is 0 Å². The quantitative estimate of drug-likeness (QED) is 0.667. The minimum absolute atomic E-state index is 0.0306. The van der Waals surface area contributed by atoms with Gasteiger partial charge in [0.25, 0.3) is 0 Å². The van der Waals surface area contributed by atoms with Crippen LogP contribution in [0.1, 0.15) is 71.6 Å². The molecule has 1 N–H and O–H groups in total. The summed E-state index contributed by atoms with van der Waals surface area (Å²) >= 11 is 0. The van der Waals surface area contributed by atoms with Crippen LogP contribution in [0.15, 0.2) is 24.8 Å². The lowest BCUT2D eigenvalue weighted by Gasteiger charge is -2.65. The molecule has 128 valence electrons. The second-order valence-electron chi connectivity index (χ2n) is 9.87. The van der Waals surface area contributed by atoms with E-state index in [1.165, 1.54) is 51.4 Å². The van der Waals surface area contributed by atoms with Gasteiger partial charge in [-0.05, 0) is 80.0 Å². The average Bonchev–Trinajstić information content (AvgIpc) is 2.75. The highest BCUT2D eigenvalue weighted by Crippen LogP contribution is 2.72. The SMILES string of the molecule is C=CC(O)[C@]1(C)CCC[C@@]2(C)C3CC[C@H]4CC3(CCC12)CC4=C. The van der Waals surface area contributed by atoms with E-state index in [1.54, 1.807) is 11.6 Å². The fourth-order valence-electron chi connectivity index (χ4n) is 8.03. The number of hydrogen-bond acceptors (Lipinski definition) is 1. The van der Waals surface area contributed by atoms with Crippen LogP contribution >= 0.6 is 0 Å². The molecule has 1 spiro atoms. The molecule has 4 saturated carbocycles. The molecule has 23 heavy (non-hydrogen) atoms. The molecule has 7 atom stereocenters. The fraction of sp³-hybridized carbons (Fsp3) is 0.818. The van der Waals surface area contributed by atoms with E-state index in [-0.39, 0.29) is 11.5 Å². The van der Waals surface area contributed by atoms with E-state index in [2.05, 4.69) is 27.0 Å². The van der Waals surface area contributed by atoms with Gasteiger partial charge in [-0.25, -0.2) is 0 Å². The summed E-state index contributed by atoms with van der Waals surface area (Å²) < 4.78 is 0. The third-order valence-corrected chi connectivity index (χ3v) is 9.00. The molecule has 4 fully saturated rings. The second-order valence-corrected chi connectivity index (χ2v) is 9.87. The molecule has 0 heterocycles. The summed E-state index contributed by atoms with van der Waals surface area (Å²) in [5.74, 6) is 2.32. The summed E-state index contributed by atoms with van der Waals surface area (Å²) in [6.07, 6.45) is 13.4. The van der Waals surface area contributed by atoms with Crippen molar-refractivity contribution in [3.8, 4) is 0 Å². The van der Waals surface area contributed by atoms with E-state index in [0.717, 1.165) is 18.3 Å². The van der Waals surface area contributed by atoms with Gasteiger partial charge in [-0.15, -0.1) is 6.58 Å². The predicted molar refractivity (Wildman–Crippen MR) is 96.0 cm³/mol. The van der Waals surface area contributed by atoms with Crippen molar-refractivity contribution in [3.63, 3.8) is 0 Å². The lowest BCUT2D eigenvalue weighted by Crippen LogP contribution is -2.58. The zero-order valence-electron chi connectivity index (χ0n) is 15.1. The molecule has 0 saturated heterocycles. The number of fused-ring (bicyclic) bond motifs is 3. The van der Waals surface area contributed by atoms with Crippen molar-refractivity contribution < 1.29 is 5.11 Å². The van der Waals surface area contributed by atoms with Crippen LogP contribution in [-0.2, 0) is 0 Å². The van der Waals surface area contributed by atoms with Gasteiger partial charge in [0.2, 0.25) is 0 Å². The molecule has 0 aromatic rings. The van der Waals surface area contributed by atoms with Gasteiger partial charge in [0.05, 0.1) is 6.10 Å². The molecule has 0 aliphatic heterocycles. The van der Waals surface area contributed by atoms with Crippen LogP contribution in [0.4, 0.5) is 0 Å². The van der Waals surface area contributed by atoms with Crippen LogP contribution in [-0.4, -0.2) is 11.2 Å². The van der Waals surface area contributed by atoms with Crippen LogP contribution in [0, 0.1) is 34.0 Å². The largest absolute Gasteiger partial charge is 0.388 e. The van der Waals surface area contributed by atoms with Gasteiger partial charge in [-0.2, -0.15) is 0 Å². The van der Waals surface area contributed by atoms with Crippen molar-refractivity contribution >= 4 is 0 Å². The Labute approximate surface area is 142 Å². The molecule has 4 rings (SSSR count). The van der Waals surface area contributed by atoms with Crippen LogP contribution in [0.5, 0.6) is 0 Å². The molecule has 1 heteroatoms. The Morgan fingerprint density at radius 1 is 1.13 bits per heavy atom. The monoisotopic (exact) mass is 314 g/mol. The molecule has 4 aliphatic carbocycles. The molecule has 4 unspecified atom stereocenters. The number of aliphatic hydroxyl groups is 1. The normalized spacial score (nSPS) is 53.3. The highest BCUT2D eigenvalue weighted by Gasteiger charge is 2.64. The van der Waals surface area contributed by atoms with Crippen molar-refractivity contribution in [2.24, 2.45) is 34.0 Å². The summed E-state index contributed by atoms with van der Waals surface area (Å²) in [7, 11) is 0. The molecule has 4 aliphatic rings. The van der Waals surface area contributed by atoms with Crippen molar-refractivity contribution in [1.82, 2.24) is 0 Å². The molecular weight excluding hydrogens is 280 g/mol. The highest BCUT2D eigenvalue weighted by molar-refractivity contribution is 5.22. The fourth-order valence-corrected chi connectivity index (χ4v) is 8.03. The zero-order valence-corrected chi connectivity index (χ0v) is 15.1. The van der Waals surface area contributed by atoms with Crippen LogP contribution < -0.4 is 0 Å². The van der Waals surface area contributed by atoms with E-state index in [4.69, 9.17) is 0 Å². The van der Waals surface area contributed by atoms with Crippen molar-refractivity contribution in [2.75, 3.05) is 0 Å². The van der Waals surface area contributed by atoms with Gasteiger partial charge < -0.3 is 5.11 Å². The lowest BCUT2D eigenvalue weighted by molar-refractivity contribution is -0.169. The van der Waals surface area contributed by atoms with E-state index in [0.29, 0.717) is 16.7 Å². The van der Waals surface area contributed by atoms with Crippen LogP contribution in [0.25, 0.3) is 0 Å². The van der Waals surface area contributed by atoms with Gasteiger partial charge in [0.15, 0.2) is 0 Å². The second kappa shape index (κ2) is 4.97. The Kier molecular flexibility index (Phi) is 3.45. The summed E-state index contributed by atoms with van der Waals surface area (Å²) in [6.45, 7) is 13.3. The van der Waals surface area contributed by atoms with Gasteiger partial charge in [-0.1, -0.05) is 38.5 Å². The number of aliphatic hydroxyl groups excluding tert-OH is 1. The van der Waals surface area contributed by atoms with Gasteiger partial charge in [0, 0.05) is 5.41 Å². The third-order valence-electron chi connectivity index (χ3n) is 9.00. The number of rotatable bonds is 2. The first kappa shape index (κ1) is 15.9. The summed E-state index contributed by atoms with van der Waals surface area (Å²) in [5.41, 5.74) is 2.55. The average molecular weight is 315 g/mol. The lowest BCUT2D eigenvalue weighted by atomic mass is 9.40. The summed E-state index contributed by atoms with van der Waals surface area (Å²) in [4.78, 5) is 0. The Hall–Kier alpha value is -0.560. The molecule has 0 amide bonds. The summed E-state index contributed by atoms with van der Waals surface area (Å²) in [6, 6.07) is 0. The first-order valence-electron chi connectivity index (χ1n) is 9.84. The van der Waals surface area contributed by atoms with Crippen molar-refractivity contribution in [1.29, 1.82) is 0 Å². The molecule has 2 bridgehead atoms. The Morgan fingerprint density at radius 2 is 1.91 bits per heavy atom. The topological polar surface area (TPSA) is 20.2 Å². The predicted octanol–water partition coefficient (Wildman–Crippen LogP) is 5.50. The first-order chi connectivity index (χ1) is 10.9. The van der Waals surface area contributed by atoms with Crippen LogP contribution in [0.2, 0.25) is 0 Å². The molecule has 0 aromatic heterocycles. The molecule has 0 radical (unpaired) electrons. The highest BCUT2D eigenvalue weighted by atomic mass is 16.3. The van der Waals surface area contributed by atoms with Gasteiger partial charge in [-0.3, -0.25) is 0 Å². The van der Waals surface area contributed by atoms with E-state index in [9.17, 15) is 5.11 Å². The van der Waals surface area contributed by atoms with Crippen molar-refractivity contribution in [2.45, 2.75) is 77.7 Å². The Bertz CT molecular complexity index is 530. The molecule has 1 nitrogen and oxygen atoms in total. The maximum absolute atomic E-state index is 10.7. The summed E-state index contributed by atoms with van der Waals surface area (Å²) in [5, 5.41) is 10.7. The maximum Gasteiger partial charge on any atom is 0.0774 e. The van der Waals surface area contributed by atoms with E-state index < -0.39 is 0 Å². The van der Waals surface area contributed by atoms with Gasteiger partial charge in [0.1, 0.15) is 0 Å². The van der Waals surface area contributed by atoms with Gasteiger partial charge >= 0.3 is 0 Å². The minimum atomic E-state index is -0.351. The minimum Gasteiger partial charge on any atom is -0.388 e. The first-order valence-corrected chi connectivity index (χ1v) is 9.84. The van der Waals surface area contributed by atoms with E-state index >= 15 is 0 Å². The third kappa shape index (κ3) is 1.95. The standard InChI is InChI=1S/C22H34O/c1-5-19(23)21(4)11-6-10-20(3)17(21)9-12-22-13-15(2)16(14-22)7-8-18(20)22/h5,16-19,23H,1-2,6-14H2,3-4H3/t16-,17?,18?,19?,20+,21+,22?/m0/s1. The smallest absolute Gasteiger partial charge is 0.0774 e. The number of allylic oxidation sites excluding steroid dienone is 1. The van der Waals surface area contributed by atoms with Crippen molar-refractivity contribution in [3.05, 3.63) is 24.8 Å². The number of hydrogen-bond donors (Lipinski definition) is 1. The maximum atomic E-state index is 10.7. The molecular formula is C22H34O. The molecule has 0 aromatic carbocycles. The zero-order chi connectivity index (χ0) is 16.5. The Balaban J connectivity index is 1.73. The Morgan fingerprint density at radius 3 is 2.65 bits per heavy atom.